The average Bonchev–Trinajstić information content (AvgIpc) is 2.27. The van der Waals surface area contributed by atoms with Crippen LogP contribution in [-0.2, 0) is 0 Å². The molecule has 0 radical (unpaired) electrons. The minimum absolute atomic E-state index is 0.0724. The van der Waals surface area contributed by atoms with E-state index >= 15 is 0 Å². The molecule has 0 spiro atoms. The lowest BCUT2D eigenvalue weighted by Crippen LogP contribution is -2.28. The topological polar surface area (TPSA) is 80.2 Å². The van der Waals surface area contributed by atoms with E-state index in [-0.39, 0.29) is 23.9 Å². The Morgan fingerprint density at radius 3 is 2.59 bits per heavy atom. The lowest BCUT2D eigenvalue weighted by molar-refractivity contribution is 0.267. The van der Waals surface area contributed by atoms with Gasteiger partial charge in [-0.15, -0.1) is 0 Å². The van der Waals surface area contributed by atoms with Crippen molar-refractivity contribution in [3.63, 3.8) is 0 Å². The Balaban J connectivity index is 2.81. The highest BCUT2D eigenvalue weighted by Gasteiger charge is 2.15. The molecule has 7 heteroatoms. The molecular formula is C10H17ClN4O2. The molecule has 1 heterocycles. The molecule has 0 aliphatic rings. The SMILES string of the molecule is COc1nc(Cl)nc(NC(CCO)C(C)C)n1. The van der Waals surface area contributed by atoms with E-state index in [0.717, 1.165) is 0 Å². The zero-order chi connectivity index (χ0) is 12.8. The van der Waals surface area contributed by atoms with Crippen LogP contribution in [0, 0.1) is 5.92 Å². The van der Waals surface area contributed by atoms with Crippen molar-refractivity contribution in [1.82, 2.24) is 15.0 Å². The maximum atomic E-state index is 8.98. The van der Waals surface area contributed by atoms with E-state index in [1.165, 1.54) is 7.11 Å². The van der Waals surface area contributed by atoms with E-state index in [0.29, 0.717) is 18.3 Å². The Hall–Kier alpha value is -1.14. The molecule has 0 saturated heterocycles. The number of halogens is 1. The molecule has 0 aliphatic carbocycles. The van der Waals surface area contributed by atoms with Crippen molar-refractivity contribution < 1.29 is 9.84 Å². The summed E-state index contributed by atoms with van der Waals surface area (Å²) in [5.74, 6) is 0.692. The molecule has 0 saturated carbocycles. The van der Waals surface area contributed by atoms with Crippen molar-refractivity contribution in [1.29, 1.82) is 0 Å². The van der Waals surface area contributed by atoms with Crippen molar-refractivity contribution in [2.45, 2.75) is 26.3 Å². The van der Waals surface area contributed by atoms with Crippen molar-refractivity contribution in [2.24, 2.45) is 5.92 Å². The van der Waals surface area contributed by atoms with Crippen LogP contribution in [0.15, 0.2) is 0 Å². The van der Waals surface area contributed by atoms with Crippen molar-refractivity contribution in [3.8, 4) is 6.01 Å². The Morgan fingerprint density at radius 1 is 1.35 bits per heavy atom. The van der Waals surface area contributed by atoms with Crippen LogP contribution >= 0.6 is 11.6 Å². The largest absolute Gasteiger partial charge is 0.467 e. The minimum Gasteiger partial charge on any atom is -0.467 e. The fraction of sp³-hybridized carbons (Fsp3) is 0.700. The first kappa shape index (κ1) is 13.9. The number of hydrogen-bond acceptors (Lipinski definition) is 6. The summed E-state index contributed by atoms with van der Waals surface area (Å²) in [6.45, 7) is 4.20. The summed E-state index contributed by atoms with van der Waals surface area (Å²) in [6, 6.07) is 0.238. The summed E-state index contributed by atoms with van der Waals surface area (Å²) >= 11 is 5.74. The molecular weight excluding hydrogens is 244 g/mol. The lowest BCUT2D eigenvalue weighted by atomic mass is 10.0. The smallest absolute Gasteiger partial charge is 0.322 e. The number of aliphatic hydroxyl groups is 1. The van der Waals surface area contributed by atoms with Gasteiger partial charge in [-0.2, -0.15) is 15.0 Å². The van der Waals surface area contributed by atoms with E-state index in [1.54, 1.807) is 0 Å². The van der Waals surface area contributed by atoms with Gasteiger partial charge in [0.1, 0.15) is 0 Å². The van der Waals surface area contributed by atoms with Crippen LogP contribution in [0.25, 0.3) is 0 Å². The highest BCUT2D eigenvalue weighted by Crippen LogP contribution is 2.15. The lowest BCUT2D eigenvalue weighted by Gasteiger charge is -2.21. The summed E-state index contributed by atoms with van der Waals surface area (Å²) in [7, 11) is 1.46. The molecule has 0 aromatic carbocycles. The number of methoxy groups -OCH3 is 1. The molecule has 0 bridgehead atoms. The number of nitrogens with one attached hydrogen (secondary N) is 1. The van der Waals surface area contributed by atoms with Crippen LogP contribution in [0.3, 0.4) is 0 Å². The Morgan fingerprint density at radius 2 is 2.06 bits per heavy atom. The van der Waals surface area contributed by atoms with Crippen LogP contribution < -0.4 is 10.1 Å². The van der Waals surface area contributed by atoms with E-state index in [2.05, 4.69) is 20.3 Å². The van der Waals surface area contributed by atoms with E-state index < -0.39 is 0 Å². The number of anilines is 1. The average molecular weight is 261 g/mol. The van der Waals surface area contributed by atoms with Gasteiger partial charge in [-0.3, -0.25) is 0 Å². The molecule has 0 aliphatic heterocycles. The van der Waals surface area contributed by atoms with E-state index in [9.17, 15) is 0 Å². The first-order chi connectivity index (χ1) is 8.06. The van der Waals surface area contributed by atoms with Crippen molar-refractivity contribution in [2.75, 3.05) is 19.0 Å². The van der Waals surface area contributed by atoms with Gasteiger partial charge in [0.25, 0.3) is 0 Å². The molecule has 0 amide bonds. The van der Waals surface area contributed by atoms with Crippen molar-refractivity contribution in [3.05, 3.63) is 5.28 Å². The van der Waals surface area contributed by atoms with E-state index in [1.807, 2.05) is 13.8 Å². The fourth-order valence-corrected chi connectivity index (χ4v) is 1.52. The van der Waals surface area contributed by atoms with E-state index in [4.69, 9.17) is 21.4 Å². The predicted molar refractivity (Wildman–Crippen MR) is 65.3 cm³/mol. The van der Waals surface area contributed by atoms with Crippen molar-refractivity contribution >= 4 is 17.5 Å². The molecule has 1 atom stereocenters. The standard InChI is InChI=1S/C10H17ClN4O2/c1-6(2)7(4-5-16)12-9-13-8(11)14-10(15-9)17-3/h6-7,16H,4-5H2,1-3H3,(H,12,13,14,15). The Kier molecular flexibility index (Phi) is 5.37. The quantitative estimate of drug-likeness (QED) is 0.804. The van der Waals surface area contributed by atoms with Gasteiger partial charge in [-0.05, 0) is 23.9 Å². The molecule has 1 rings (SSSR count). The highest BCUT2D eigenvalue weighted by atomic mass is 35.5. The number of hydrogen-bond donors (Lipinski definition) is 2. The second kappa shape index (κ2) is 6.56. The predicted octanol–water partition coefficient (Wildman–Crippen LogP) is 1.35. The van der Waals surface area contributed by atoms with Crippen LogP contribution in [0.4, 0.5) is 5.95 Å². The molecule has 2 N–H and O–H groups in total. The summed E-state index contributed by atoms with van der Waals surface area (Å²) in [4.78, 5) is 11.8. The molecule has 1 aromatic rings. The normalized spacial score (nSPS) is 12.6. The number of nitrogens with zero attached hydrogens (tertiary/aromatic N) is 3. The van der Waals surface area contributed by atoms with Gasteiger partial charge in [0.2, 0.25) is 11.2 Å². The van der Waals surface area contributed by atoms with Gasteiger partial charge in [-0.1, -0.05) is 13.8 Å². The number of aliphatic hydroxyl groups excluding tert-OH is 1. The first-order valence-electron chi connectivity index (χ1n) is 5.39. The summed E-state index contributed by atoms with van der Waals surface area (Å²) in [5, 5.41) is 12.2. The molecule has 17 heavy (non-hydrogen) atoms. The number of aromatic nitrogens is 3. The number of ether oxygens (including phenoxy) is 1. The Labute approximate surface area is 105 Å². The zero-order valence-corrected chi connectivity index (χ0v) is 10.9. The third-order valence-corrected chi connectivity index (χ3v) is 2.50. The third kappa shape index (κ3) is 4.32. The van der Waals surface area contributed by atoms with Gasteiger partial charge in [-0.25, -0.2) is 0 Å². The molecule has 1 aromatic heterocycles. The maximum absolute atomic E-state index is 8.98. The maximum Gasteiger partial charge on any atom is 0.322 e. The summed E-state index contributed by atoms with van der Waals surface area (Å²) in [6.07, 6.45) is 0.614. The van der Waals surface area contributed by atoms with Gasteiger partial charge < -0.3 is 15.2 Å². The minimum atomic E-state index is 0.0724. The summed E-state index contributed by atoms with van der Waals surface area (Å²) < 4.78 is 4.90. The van der Waals surface area contributed by atoms with Crippen LogP contribution in [0.5, 0.6) is 6.01 Å². The van der Waals surface area contributed by atoms with Crippen LogP contribution in [0.1, 0.15) is 20.3 Å². The molecule has 0 fully saturated rings. The Bertz CT molecular complexity index is 362. The van der Waals surface area contributed by atoms with Gasteiger partial charge >= 0.3 is 6.01 Å². The fourth-order valence-electron chi connectivity index (χ4n) is 1.36. The third-order valence-electron chi connectivity index (χ3n) is 2.33. The van der Waals surface area contributed by atoms with Gasteiger partial charge in [0.05, 0.1) is 7.11 Å². The molecule has 6 nitrogen and oxygen atoms in total. The second-order valence-corrected chi connectivity index (χ2v) is 4.26. The van der Waals surface area contributed by atoms with Crippen LogP contribution in [-0.4, -0.2) is 39.8 Å². The monoisotopic (exact) mass is 260 g/mol. The van der Waals surface area contributed by atoms with Gasteiger partial charge in [0, 0.05) is 12.6 Å². The second-order valence-electron chi connectivity index (χ2n) is 3.92. The summed E-state index contributed by atoms with van der Waals surface area (Å²) in [5.41, 5.74) is 0. The zero-order valence-electron chi connectivity index (χ0n) is 10.1. The highest BCUT2D eigenvalue weighted by molar-refractivity contribution is 6.28. The first-order valence-corrected chi connectivity index (χ1v) is 5.77. The molecule has 96 valence electrons. The number of rotatable bonds is 6. The van der Waals surface area contributed by atoms with Gasteiger partial charge in [0.15, 0.2) is 0 Å². The molecule has 1 unspecified atom stereocenters. The van der Waals surface area contributed by atoms with Crippen LogP contribution in [0.2, 0.25) is 5.28 Å².